The molecule has 7 heteroatoms. The van der Waals surface area contributed by atoms with Gasteiger partial charge in [0.15, 0.2) is 5.65 Å². The lowest BCUT2D eigenvalue weighted by Gasteiger charge is -2.35. The van der Waals surface area contributed by atoms with E-state index in [-0.39, 0.29) is 5.92 Å². The molecule has 0 radical (unpaired) electrons. The first kappa shape index (κ1) is 21.1. The van der Waals surface area contributed by atoms with Crippen molar-refractivity contribution in [3.8, 4) is 22.4 Å². The SMILES string of the molecule is CC[C@]1(O)CC[C@@H](c2nc3c(-c4ccc(-c5ccccc5)nc4)cnn3c(N)c2Br)CC1. The lowest BCUT2D eigenvalue weighted by molar-refractivity contribution is -0.00453. The first-order valence-electron chi connectivity index (χ1n) is 11.1. The van der Waals surface area contributed by atoms with Crippen molar-refractivity contribution >= 4 is 27.4 Å². The van der Waals surface area contributed by atoms with E-state index in [1.165, 1.54) is 0 Å². The Bertz CT molecular complexity index is 1250. The van der Waals surface area contributed by atoms with E-state index in [1.54, 1.807) is 10.7 Å². The number of halogens is 1. The minimum Gasteiger partial charge on any atom is -0.390 e. The van der Waals surface area contributed by atoms with Gasteiger partial charge in [0.05, 0.1) is 27.7 Å². The quantitative estimate of drug-likeness (QED) is 0.387. The number of pyridine rings is 1. The summed E-state index contributed by atoms with van der Waals surface area (Å²) < 4.78 is 2.48. The zero-order valence-corrected chi connectivity index (χ0v) is 19.6. The Hall–Kier alpha value is -2.77. The monoisotopic (exact) mass is 491 g/mol. The van der Waals surface area contributed by atoms with Crippen LogP contribution in [0.3, 0.4) is 0 Å². The van der Waals surface area contributed by atoms with Crippen molar-refractivity contribution in [3.05, 3.63) is 65.0 Å². The zero-order valence-electron chi connectivity index (χ0n) is 18.0. The average molecular weight is 492 g/mol. The van der Waals surface area contributed by atoms with Crippen LogP contribution in [0.2, 0.25) is 0 Å². The molecule has 3 aromatic heterocycles. The predicted octanol–water partition coefficient (Wildman–Crippen LogP) is 5.60. The molecule has 0 amide bonds. The standard InChI is InChI=1S/C25H26BrN5O/c1-2-25(32)12-10-17(11-13-25)22-21(26)23(27)31-24(30-22)19(15-29-31)18-8-9-20(28-14-18)16-6-4-3-5-7-16/h3-9,14-15,17,32H,2,10-13,27H2,1H3/t17-,25+. The van der Waals surface area contributed by atoms with Gasteiger partial charge < -0.3 is 10.8 Å². The molecule has 0 atom stereocenters. The van der Waals surface area contributed by atoms with Crippen LogP contribution in [0, 0.1) is 0 Å². The number of fused-ring (bicyclic) bond motifs is 1. The highest BCUT2D eigenvalue weighted by molar-refractivity contribution is 9.10. The molecule has 1 aliphatic rings. The fraction of sp³-hybridized carbons (Fsp3) is 0.320. The molecular formula is C25H26BrN5O. The van der Waals surface area contributed by atoms with Gasteiger partial charge in [-0.2, -0.15) is 9.61 Å². The number of hydrogen-bond donors (Lipinski definition) is 2. The van der Waals surface area contributed by atoms with E-state index in [0.717, 1.165) is 70.3 Å². The van der Waals surface area contributed by atoms with Gasteiger partial charge in [-0.05, 0) is 54.1 Å². The fourth-order valence-electron chi connectivity index (χ4n) is 4.60. The van der Waals surface area contributed by atoms with Crippen LogP contribution in [0.25, 0.3) is 28.0 Å². The second-order valence-corrected chi connectivity index (χ2v) is 9.43. The van der Waals surface area contributed by atoms with E-state index in [9.17, 15) is 5.11 Å². The van der Waals surface area contributed by atoms with Gasteiger partial charge >= 0.3 is 0 Å². The minimum absolute atomic E-state index is 0.254. The summed E-state index contributed by atoms with van der Waals surface area (Å²) in [6.07, 6.45) is 7.79. The van der Waals surface area contributed by atoms with Crippen LogP contribution in [0.15, 0.2) is 59.3 Å². The smallest absolute Gasteiger partial charge is 0.165 e. The normalized spacial score (nSPS) is 21.2. The second kappa shape index (κ2) is 8.30. The molecule has 1 aliphatic carbocycles. The van der Waals surface area contributed by atoms with Gasteiger partial charge in [-0.15, -0.1) is 0 Å². The molecule has 0 saturated heterocycles. The molecule has 5 rings (SSSR count). The Morgan fingerprint density at radius 2 is 1.84 bits per heavy atom. The van der Waals surface area contributed by atoms with Gasteiger partial charge in [0.25, 0.3) is 0 Å². The number of nitrogens with two attached hydrogens (primary N) is 1. The molecule has 1 saturated carbocycles. The largest absolute Gasteiger partial charge is 0.390 e. The van der Waals surface area contributed by atoms with Crippen molar-refractivity contribution in [2.45, 2.75) is 50.5 Å². The maximum absolute atomic E-state index is 10.6. The summed E-state index contributed by atoms with van der Waals surface area (Å²) in [5.41, 5.74) is 11.4. The molecule has 0 aliphatic heterocycles. The van der Waals surface area contributed by atoms with E-state index < -0.39 is 5.60 Å². The first-order valence-corrected chi connectivity index (χ1v) is 11.9. The topological polar surface area (TPSA) is 89.3 Å². The Balaban J connectivity index is 1.52. The molecule has 3 N–H and O–H groups in total. The molecule has 1 fully saturated rings. The third-order valence-electron chi connectivity index (χ3n) is 6.75. The summed E-state index contributed by atoms with van der Waals surface area (Å²) in [5, 5.41) is 15.1. The molecule has 0 spiro atoms. The van der Waals surface area contributed by atoms with Crippen LogP contribution in [0.4, 0.5) is 5.82 Å². The average Bonchev–Trinajstić information content (AvgIpc) is 3.27. The summed E-state index contributed by atoms with van der Waals surface area (Å²) >= 11 is 3.66. The van der Waals surface area contributed by atoms with Crippen LogP contribution in [-0.2, 0) is 0 Å². The van der Waals surface area contributed by atoms with Crippen LogP contribution in [-0.4, -0.2) is 30.3 Å². The zero-order chi connectivity index (χ0) is 22.3. The van der Waals surface area contributed by atoms with Gasteiger partial charge in [0.1, 0.15) is 5.82 Å². The van der Waals surface area contributed by atoms with E-state index >= 15 is 0 Å². The third-order valence-corrected chi connectivity index (χ3v) is 7.57. The van der Waals surface area contributed by atoms with Gasteiger partial charge in [0.2, 0.25) is 0 Å². The van der Waals surface area contributed by atoms with E-state index in [2.05, 4.69) is 26.0 Å². The van der Waals surface area contributed by atoms with Gasteiger partial charge in [-0.25, -0.2) is 4.98 Å². The number of rotatable bonds is 4. The highest BCUT2D eigenvalue weighted by atomic mass is 79.9. The summed E-state index contributed by atoms with van der Waals surface area (Å²) in [7, 11) is 0. The third kappa shape index (κ3) is 3.69. The van der Waals surface area contributed by atoms with Crippen LogP contribution < -0.4 is 5.73 Å². The molecule has 4 aromatic rings. The molecular weight excluding hydrogens is 466 g/mol. The Morgan fingerprint density at radius 1 is 1.09 bits per heavy atom. The van der Waals surface area contributed by atoms with Gasteiger partial charge in [-0.3, -0.25) is 4.98 Å². The van der Waals surface area contributed by atoms with Crippen LogP contribution >= 0.6 is 15.9 Å². The molecule has 0 bridgehead atoms. The van der Waals surface area contributed by atoms with Gasteiger partial charge in [0, 0.05) is 28.8 Å². The van der Waals surface area contributed by atoms with E-state index in [1.807, 2.05) is 55.6 Å². The summed E-state index contributed by atoms with van der Waals surface area (Å²) in [5.74, 6) is 0.797. The molecule has 1 aromatic carbocycles. The number of nitrogens with zero attached hydrogens (tertiary/aromatic N) is 4. The van der Waals surface area contributed by atoms with Crippen molar-refractivity contribution in [2.75, 3.05) is 5.73 Å². The van der Waals surface area contributed by atoms with Crippen molar-refractivity contribution in [1.29, 1.82) is 0 Å². The van der Waals surface area contributed by atoms with E-state index in [4.69, 9.17) is 10.7 Å². The molecule has 6 nitrogen and oxygen atoms in total. The highest BCUT2D eigenvalue weighted by Crippen LogP contribution is 2.42. The number of aliphatic hydroxyl groups is 1. The van der Waals surface area contributed by atoms with Crippen molar-refractivity contribution < 1.29 is 5.11 Å². The summed E-state index contributed by atoms with van der Waals surface area (Å²) in [4.78, 5) is 9.67. The number of anilines is 1. The maximum Gasteiger partial charge on any atom is 0.165 e. The number of aromatic nitrogens is 4. The molecule has 32 heavy (non-hydrogen) atoms. The van der Waals surface area contributed by atoms with Crippen molar-refractivity contribution in [1.82, 2.24) is 19.6 Å². The lowest BCUT2D eigenvalue weighted by atomic mass is 9.76. The van der Waals surface area contributed by atoms with Crippen molar-refractivity contribution in [3.63, 3.8) is 0 Å². The lowest BCUT2D eigenvalue weighted by Crippen LogP contribution is -2.32. The Labute approximate surface area is 195 Å². The molecule has 3 heterocycles. The fourth-order valence-corrected chi connectivity index (χ4v) is 5.18. The predicted molar refractivity (Wildman–Crippen MR) is 130 cm³/mol. The number of hydrogen-bond acceptors (Lipinski definition) is 5. The van der Waals surface area contributed by atoms with Crippen LogP contribution in [0.1, 0.15) is 50.6 Å². The first-order chi connectivity index (χ1) is 15.5. The van der Waals surface area contributed by atoms with Crippen molar-refractivity contribution in [2.24, 2.45) is 0 Å². The Kier molecular flexibility index (Phi) is 5.47. The van der Waals surface area contributed by atoms with Gasteiger partial charge in [-0.1, -0.05) is 43.3 Å². The highest BCUT2D eigenvalue weighted by Gasteiger charge is 2.34. The maximum atomic E-state index is 10.6. The molecule has 0 unspecified atom stereocenters. The number of nitrogen functional groups attached to an aromatic ring is 1. The number of benzene rings is 1. The minimum atomic E-state index is -0.549. The Morgan fingerprint density at radius 3 is 2.50 bits per heavy atom. The van der Waals surface area contributed by atoms with Crippen LogP contribution in [0.5, 0.6) is 0 Å². The second-order valence-electron chi connectivity index (χ2n) is 8.64. The van der Waals surface area contributed by atoms with E-state index in [0.29, 0.717) is 5.82 Å². The molecule has 164 valence electrons. The summed E-state index contributed by atoms with van der Waals surface area (Å²) in [6.45, 7) is 2.05. The summed E-state index contributed by atoms with van der Waals surface area (Å²) in [6, 6.07) is 14.2.